The van der Waals surface area contributed by atoms with Crippen molar-refractivity contribution in [1.29, 1.82) is 0 Å². The van der Waals surface area contributed by atoms with E-state index in [0.717, 1.165) is 12.2 Å². The van der Waals surface area contributed by atoms with Gasteiger partial charge in [0.2, 0.25) is 5.91 Å². The monoisotopic (exact) mass is 342 g/mol. The normalized spacial score (nSPS) is 11.8. The van der Waals surface area contributed by atoms with Gasteiger partial charge in [-0.25, -0.2) is 0 Å². The summed E-state index contributed by atoms with van der Waals surface area (Å²) in [6.07, 6.45) is 1.22. The third-order valence-corrected chi connectivity index (χ3v) is 3.86. The van der Waals surface area contributed by atoms with E-state index in [4.69, 9.17) is 10.5 Å². The van der Waals surface area contributed by atoms with Crippen molar-refractivity contribution >= 4 is 18.3 Å². The van der Waals surface area contributed by atoms with Crippen molar-refractivity contribution in [3.63, 3.8) is 0 Å². The fraction of sp³-hybridized carbons (Fsp3) is 0.611. The molecule has 0 aliphatic carbocycles. The molecule has 0 fully saturated rings. The van der Waals surface area contributed by atoms with E-state index in [1.165, 1.54) is 11.1 Å². The van der Waals surface area contributed by atoms with Gasteiger partial charge in [0.15, 0.2) is 0 Å². The topological polar surface area (TPSA) is 55.6 Å². The van der Waals surface area contributed by atoms with E-state index in [-0.39, 0.29) is 24.4 Å². The number of benzene rings is 1. The van der Waals surface area contributed by atoms with Crippen LogP contribution in [0.5, 0.6) is 5.75 Å². The summed E-state index contributed by atoms with van der Waals surface area (Å²) in [6, 6.07) is 6.22. The van der Waals surface area contributed by atoms with Crippen LogP contribution in [0, 0.1) is 19.8 Å². The molecule has 4 nitrogen and oxygen atoms in total. The molecular formula is C18H31ClN2O2. The molecule has 1 aromatic rings. The molecule has 0 bridgehead atoms. The van der Waals surface area contributed by atoms with Crippen molar-refractivity contribution in [3.05, 3.63) is 29.3 Å². The molecule has 1 amide bonds. The second kappa shape index (κ2) is 10.5. The molecule has 5 heteroatoms. The van der Waals surface area contributed by atoms with Crippen LogP contribution in [-0.4, -0.2) is 37.0 Å². The van der Waals surface area contributed by atoms with Gasteiger partial charge in [-0.15, -0.1) is 12.4 Å². The molecule has 0 spiro atoms. The maximum absolute atomic E-state index is 12.1. The Hall–Kier alpha value is -1.26. The molecule has 1 atom stereocenters. The van der Waals surface area contributed by atoms with Crippen molar-refractivity contribution < 1.29 is 9.53 Å². The van der Waals surface area contributed by atoms with E-state index in [1.807, 2.05) is 33.0 Å². The Labute approximate surface area is 146 Å². The summed E-state index contributed by atoms with van der Waals surface area (Å²) in [4.78, 5) is 13.8. The van der Waals surface area contributed by atoms with E-state index < -0.39 is 0 Å². The molecule has 0 aliphatic heterocycles. The van der Waals surface area contributed by atoms with Gasteiger partial charge in [0.05, 0.1) is 13.0 Å². The van der Waals surface area contributed by atoms with E-state index in [1.54, 1.807) is 4.90 Å². The van der Waals surface area contributed by atoms with Crippen LogP contribution in [0.1, 0.15) is 37.8 Å². The first kappa shape index (κ1) is 21.7. The molecule has 2 N–H and O–H groups in total. The highest BCUT2D eigenvalue weighted by molar-refractivity contribution is 5.85. The minimum atomic E-state index is 0. The smallest absolute Gasteiger partial charge is 0.225 e. The lowest BCUT2D eigenvalue weighted by molar-refractivity contribution is -0.130. The Bertz CT molecular complexity index is 472. The predicted molar refractivity (Wildman–Crippen MR) is 98.3 cm³/mol. The molecule has 0 radical (unpaired) electrons. The number of ether oxygens (including phenoxy) is 1. The molecule has 1 rings (SSSR count). The van der Waals surface area contributed by atoms with E-state index in [0.29, 0.717) is 25.5 Å². The summed E-state index contributed by atoms with van der Waals surface area (Å²) in [5, 5.41) is 0. The van der Waals surface area contributed by atoms with Crippen molar-refractivity contribution in [2.24, 2.45) is 11.7 Å². The predicted octanol–water partition coefficient (Wildman–Crippen LogP) is 3.33. The average molecular weight is 343 g/mol. The van der Waals surface area contributed by atoms with Crippen molar-refractivity contribution in [2.75, 3.05) is 20.2 Å². The molecule has 1 aromatic carbocycles. The molecular weight excluding hydrogens is 312 g/mol. The number of nitrogens with zero attached hydrogens (tertiary/aromatic N) is 1. The first-order chi connectivity index (χ1) is 10.3. The minimum absolute atomic E-state index is 0. The van der Waals surface area contributed by atoms with Crippen LogP contribution < -0.4 is 10.5 Å². The van der Waals surface area contributed by atoms with Crippen LogP contribution in [0.3, 0.4) is 0 Å². The number of carbonyl (C=O) groups is 1. The molecule has 0 saturated heterocycles. The highest BCUT2D eigenvalue weighted by Gasteiger charge is 2.12. The lowest BCUT2D eigenvalue weighted by atomic mass is 10.0. The lowest BCUT2D eigenvalue weighted by Crippen LogP contribution is -2.35. The number of amides is 1. The highest BCUT2D eigenvalue weighted by atomic mass is 35.5. The molecule has 132 valence electrons. The largest absolute Gasteiger partial charge is 0.493 e. The SMILES string of the molecule is Cc1cc(C)cc(OCCC(=O)N(C)CCC(N)C(C)C)c1.Cl. The van der Waals surface area contributed by atoms with Gasteiger partial charge in [-0.3, -0.25) is 4.79 Å². The molecule has 23 heavy (non-hydrogen) atoms. The standard InChI is InChI=1S/C18H30N2O2.ClH/c1-13(2)17(19)6-8-20(5)18(21)7-9-22-16-11-14(3)10-15(4)12-16;/h10-13,17H,6-9,19H2,1-5H3;1H. The molecule has 0 saturated carbocycles. The summed E-state index contributed by atoms with van der Waals surface area (Å²) in [7, 11) is 1.83. The number of hydrogen-bond acceptors (Lipinski definition) is 3. The fourth-order valence-electron chi connectivity index (χ4n) is 2.26. The summed E-state index contributed by atoms with van der Waals surface area (Å²) in [5.74, 6) is 1.37. The Kier molecular flexibility index (Phi) is 9.93. The average Bonchev–Trinajstić information content (AvgIpc) is 2.42. The van der Waals surface area contributed by atoms with E-state index in [9.17, 15) is 4.79 Å². The maximum atomic E-state index is 12.1. The number of hydrogen-bond donors (Lipinski definition) is 1. The van der Waals surface area contributed by atoms with Gasteiger partial charge in [-0.05, 0) is 49.4 Å². The third-order valence-electron chi connectivity index (χ3n) is 3.86. The van der Waals surface area contributed by atoms with Gasteiger partial charge in [-0.2, -0.15) is 0 Å². The zero-order chi connectivity index (χ0) is 16.7. The molecule has 0 heterocycles. The second-order valence-electron chi connectivity index (χ2n) is 6.43. The quantitative estimate of drug-likeness (QED) is 0.788. The number of rotatable bonds is 8. The number of nitrogens with two attached hydrogens (primary N) is 1. The number of aryl methyl sites for hydroxylation is 2. The van der Waals surface area contributed by atoms with Crippen molar-refractivity contribution in [3.8, 4) is 5.75 Å². The van der Waals surface area contributed by atoms with E-state index >= 15 is 0 Å². The minimum Gasteiger partial charge on any atom is -0.493 e. The molecule has 0 aliphatic rings. The van der Waals surface area contributed by atoms with Crippen LogP contribution in [0.25, 0.3) is 0 Å². The van der Waals surface area contributed by atoms with Crippen LogP contribution in [-0.2, 0) is 4.79 Å². The third kappa shape index (κ3) is 8.24. The van der Waals surface area contributed by atoms with Gasteiger partial charge < -0.3 is 15.4 Å². The summed E-state index contributed by atoms with van der Waals surface area (Å²) in [5.41, 5.74) is 8.34. The molecule has 0 aromatic heterocycles. The van der Waals surface area contributed by atoms with Gasteiger partial charge >= 0.3 is 0 Å². The van der Waals surface area contributed by atoms with Crippen LogP contribution in [0.2, 0.25) is 0 Å². The summed E-state index contributed by atoms with van der Waals surface area (Å²) >= 11 is 0. The zero-order valence-corrected chi connectivity index (χ0v) is 15.8. The Morgan fingerprint density at radius 1 is 1.22 bits per heavy atom. The number of carbonyl (C=O) groups excluding carboxylic acids is 1. The van der Waals surface area contributed by atoms with Crippen LogP contribution in [0.15, 0.2) is 18.2 Å². The Morgan fingerprint density at radius 3 is 2.30 bits per heavy atom. The van der Waals surface area contributed by atoms with Crippen LogP contribution >= 0.6 is 12.4 Å². The fourth-order valence-corrected chi connectivity index (χ4v) is 2.26. The number of halogens is 1. The van der Waals surface area contributed by atoms with Crippen molar-refractivity contribution in [1.82, 2.24) is 4.90 Å². The summed E-state index contributed by atoms with van der Waals surface area (Å²) in [6.45, 7) is 9.38. The Balaban J connectivity index is 0.00000484. The zero-order valence-electron chi connectivity index (χ0n) is 15.0. The maximum Gasteiger partial charge on any atom is 0.225 e. The van der Waals surface area contributed by atoms with Gasteiger partial charge in [0.25, 0.3) is 0 Å². The molecule has 1 unspecified atom stereocenters. The highest BCUT2D eigenvalue weighted by Crippen LogP contribution is 2.16. The van der Waals surface area contributed by atoms with Gasteiger partial charge in [0.1, 0.15) is 5.75 Å². The second-order valence-corrected chi connectivity index (χ2v) is 6.43. The lowest BCUT2D eigenvalue weighted by Gasteiger charge is -2.21. The van der Waals surface area contributed by atoms with Crippen LogP contribution in [0.4, 0.5) is 0 Å². The summed E-state index contributed by atoms with van der Waals surface area (Å²) < 4.78 is 5.68. The first-order valence-electron chi connectivity index (χ1n) is 8.00. The first-order valence-corrected chi connectivity index (χ1v) is 8.00. The van der Waals surface area contributed by atoms with Crippen molar-refractivity contribution in [2.45, 2.75) is 46.6 Å². The van der Waals surface area contributed by atoms with Gasteiger partial charge in [-0.1, -0.05) is 19.9 Å². The van der Waals surface area contributed by atoms with Gasteiger partial charge in [0, 0.05) is 19.6 Å². The Morgan fingerprint density at radius 2 is 1.78 bits per heavy atom. The van der Waals surface area contributed by atoms with E-state index in [2.05, 4.69) is 19.9 Å².